The van der Waals surface area contributed by atoms with E-state index in [4.69, 9.17) is 9.05 Å². The fraction of sp³-hybridized carbons (Fsp3) is 0.571. The third kappa shape index (κ3) is 6.94. The summed E-state index contributed by atoms with van der Waals surface area (Å²) in [5.74, 6) is 0.242. The normalized spacial score (nSPS) is 13.3. The summed E-state index contributed by atoms with van der Waals surface area (Å²) in [7, 11) is 0. The van der Waals surface area contributed by atoms with Crippen LogP contribution in [0, 0.1) is 5.82 Å². The first kappa shape index (κ1) is 18.7. The van der Waals surface area contributed by atoms with Gasteiger partial charge >= 0.3 is 6.80 Å². The van der Waals surface area contributed by atoms with E-state index in [9.17, 15) is 14.1 Å². The maximum Gasteiger partial charge on any atom is 0.389 e. The summed E-state index contributed by atoms with van der Waals surface area (Å²) < 4.78 is 35.3. The van der Waals surface area contributed by atoms with E-state index in [1.54, 1.807) is 26.0 Å². The molecule has 1 aromatic carbocycles. The van der Waals surface area contributed by atoms with Crippen molar-refractivity contribution in [2.45, 2.75) is 32.8 Å². The van der Waals surface area contributed by atoms with Gasteiger partial charge in [0.25, 0.3) is 0 Å². The molecule has 0 amide bonds. The first-order chi connectivity index (χ1) is 10.0. The molecule has 0 unspecified atom stereocenters. The maximum atomic E-state index is 12.8. The lowest BCUT2D eigenvalue weighted by atomic mass is 10.1. The largest absolute Gasteiger partial charge is 0.389 e. The number of aliphatic hydroxyl groups is 1. The van der Waals surface area contributed by atoms with Crippen LogP contribution >= 0.6 is 18.2 Å². The van der Waals surface area contributed by atoms with E-state index in [0.717, 1.165) is 11.4 Å². The molecule has 0 spiro atoms. The van der Waals surface area contributed by atoms with Crippen LogP contribution in [0.5, 0.6) is 0 Å². The van der Waals surface area contributed by atoms with Gasteiger partial charge in [0.05, 0.1) is 19.3 Å². The van der Waals surface area contributed by atoms with Gasteiger partial charge in [0.1, 0.15) is 5.82 Å². The summed E-state index contributed by atoms with van der Waals surface area (Å²) in [6, 6.07) is 5.79. The van der Waals surface area contributed by atoms with E-state index in [2.05, 4.69) is 0 Å². The highest BCUT2D eigenvalue weighted by Crippen LogP contribution is 2.60. The van der Waals surface area contributed by atoms with Crippen LogP contribution < -0.4 is 0 Å². The van der Waals surface area contributed by atoms with Crippen LogP contribution in [0.3, 0.4) is 0 Å². The van der Waals surface area contributed by atoms with Gasteiger partial charge in [-0.25, -0.2) is 8.96 Å². The molecule has 120 valence electrons. The standard InChI is InChI=1S/C14H22FO4PS/c1-3-18-20(17,19-4-2)21-11-5-6-14(16)12-7-9-13(15)10-8-12/h7-10,14,16H,3-6,11H2,1-2H3/t14-/m1/s1. The van der Waals surface area contributed by atoms with Gasteiger partial charge in [-0.3, -0.25) is 0 Å². The summed E-state index contributed by atoms with van der Waals surface area (Å²) in [6.07, 6.45) is 0.523. The molecule has 0 aliphatic heterocycles. The van der Waals surface area contributed by atoms with E-state index in [-0.39, 0.29) is 5.82 Å². The molecule has 0 saturated carbocycles. The summed E-state index contributed by atoms with van der Waals surface area (Å²) in [5.41, 5.74) is 0.680. The molecule has 0 bridgehead atoms. The molecule has 1 aromatic rings. The molecule has 0 aliphatic carbocycles. The Labute approximate surface area is 129 Å². The SMILES string of the molecule is CCOP(=O)(OCC)SCCC[C@@H](O)c1ccc(F)cc1. The van der Waals surface area contributed by atoms with Gasteiger partial charge < -0.3 is 14.2 Å². The predicted molar refractivity (Wildman–Crippen MR) is 83.9 cm³/mol. The molecular weight excluding hydrogens is 314 g/mol. The molecule has 7 heteroatoms. The van der Waals surface area contributed by atoms with Crippen molar-refractivity contribution in [3.63, 3.8) is 0 Å². The quantitative estimate of drug-likeness (QED) is 0.502. The molecular formula is C14H22FO4PS. The van der Waals surface area contributed by atoms with Crippen LogP contribution in [0.15, 0.2) is 24.3 Å². The average molecular weight is 336 g/mol. The van der Waals surface area contributed by atoms with E-state index in [1.165, 1.54) is 12.1 Å². The Bertz CT molecular complexity index is 445. The molecule has 21 heavy (non-hydrogen) atoms. The Morgan fingerprint density at radius 1 is 1.24 bits per heavy atom. The van der Waals surface area contributed by atoms with Gasteiger partial charge in [0, 0.05) is 5.75 Å². The summed E-state index contributed by atoms with van der Waals surface area (Å²) in [6.45, 7) is 1.14. The monoisotopic (exact) mass is 336 g/mol. The molecule has 1 rings (SSSR count). The Kier molecular flexibility index (Phi) is 8.52. The van der Waals surface area contributed by atoms with E-state index >= 15 is 0 Å². The first-order valence-corrected chi connectivity index (χ1v) is 10.1. The number of hydrogen-bond donors (Lipinski definition) is 1. The van der Waals surface area contributed by atoms with Gasteiger partial charge in [-0.2, -0.15) is 0 Å². The van der Waals surface area contributed by atoms with Crippen LogP contribution in [-0.4, -0.2) is 24.1 Å². The number of halogens is 1. The van der Waals surface area contributed by atoms with E-state index in [0.29, 0.717) is 37.4 Å². The van der Waals surface area contributed by atoms with E-state index in [1.807, 2.05) is 0 Å². The lowest BCUT2D eigenvalue weighted by molar-refractivity contribution is 0.166. The fourth-order valence-electron chi connectivity index (χ4n) is 1.73. The molecule has 1 atom stereocenters. The topological polar surface area (TPSA) is 55.8 Å². The molecule has 4 nitrogen and oxygen atoms in total. The van der Waals surface area contributed by atoms with Crippen molar-refractivity contribution >= 4 is 18.2 Å². The molecule has 0 radical (unpaired) electrons. The predicted octanol–water partition coefficient (Wildman–Crippen LogP) is 4.55. The number of hydrogen-bond acceptors (Lipinski definition) is 5. The minimum atomic E-state index is -3.07. The minimum Gasteiger partial charge on any atom is -0.388 e. The van der Waals surface area contributed by atoms with Gasteiger partial charge in [0.15, 0.2) is 0 Å². The lowest BCUT2D eigenvalue weighted by Crippen LogP contribution is -1.99. The van der Waals surface area contributed by atoms with Crippen molar-refractivity contribution in [3.05, 3.63) is 35.6 Å². The van der Waals surface area contributed by atoms with Crippen molar-refractivity contribution in [3.8, 4) is 0 Å². The van der Waals surface area contributed by atoms with Gasteiger partial charge in [0.2, 0.25) is 0 Å². The highest BCUT2D eigenvalue weighted by Gasteiger charge is 2.24. The van der Waals surface area contributed by atoms with Crippen molar-refractivity contribution in [1.82, 2.24) is 0 Å². The van der Waals surface area contributed by atoms with Crippen LogP contribution in [-0.2, 0) is 13.6 Å². The Balaban J connectivity index is 2.35. The fourth-order valence-corrected chi connectivity index (χ4v) is 5.25. The third-order valence-electron chi connectivity index (χ3n) is 2.70. The lowest BCUT2D eigenvalue weighted by Gasteiger charge is -2.16. The highest BCUT2D eigenvalue weighted by molar-refractivity contribution is 8.55. The second kappa shape index (κ2) is 9.59. The summed E-state index contributed by atoms with van der Waals surface area (Å²) >= 11 is 1.15. The highest BCUT2D eigenvalue weighted by atomic mass is 32.7. The second-order valence-electron chi connectivity index (χ2n) is 4.33. The second-order valence-corrected chi connectivity index (χ2v) is 8.52. The van der Waals surface area contributed by atoms with Gasteiger partial charge in [-0.05, 0) is 55.8 Å². The zero-order valence-electron chi connectivity index (χ0n) is 12.3. The van der Waals surface area contributed by atoms with Crippen molar-refractivity contribution in [2.75, 3.05) is 19.0 Å². The van der Waals surface area contributed by atoms with E-state index < -0.39 is 12.9 Å². The number of aliphatic hydroxyl groups excluding tert-OH is 1. The van der Waals surface area contributed by atoms with Crippen LogP contribution in [0.4, 0.5) is 4.39 Å². The molecule has 0 heterocycles. The Morgan fingerprint density at radius 2 is 1.81 bits per heavy atom. The maximum absolute atomic E-state index is 12.8. The van der Waals surface area contributed by atoms with Gasteiger partial charge in [-0.1, -0.05) is 12.1 Å². The zero-order valence-corrected chi connectivity index (χ0v) is 14.0. The third-order valence-corrected chi connectivity index (χ3v) is 6.77. The number of rotatable bonds is 10. The van der Waals surface area contributed by atoms with Crippen molar-refractivity contribution < 1.29 is 23.1 Å². The summed E-state index contributed by atoms with van der Waals surface area (Å²) in [4.78, 5) is 0. The molecule has 0 aromatic heterocycles. The van der Waals surface area contributed by atoms with Crippen molar-refractivity contribution in [1.29, 1.82) is 0 Å². The summed E-state index contributed by atoms with van der Waals surface area (Å²) in [5, 5.41) is 9.98. The number of benzene rings is 1. The van der Waals surface area contributed by atoms with Crippen LogP contribution in [0.2, 0.25) is 0 Å². The molecule has 0 fully saturated rings. The van der Waals surface area contributed by atoms with Crippen LogP contribution in [0.25, 0.3) is 0 Å². The zero-order chi connectivity index (χ0) is 15.7. The van der Waals surface area contributed by atoms with Crippen LogP contribution in [0.1, 0.15) is 38.4 Å². The van der Waals surface area contributed by atoms with Crippen molar-refractivity contribution in [2.24, 2.45) is 0 Å². The first-order valence-electron chi connectivity index (χ1n) is 6.98. The molecule has 0 aliphatic rings. The Hall–Kier alpha value is -0.390. The molecule has 1 N–H and O–H groups in total. The van der Waals surface area contributed by atoms with Gasteiger partial charge in [-0.15, -0.1) is 0 Å². The average Bonchev–Trinajstić information content (AvgIpc) is 2.45. The Morgan fingerprint density at radius 3 is 2.33 bits per heavy atom. The smallest absolute Gasteiger partial charge is 0.388 e. The molecule has 0 saturated heterocycles. The minimum absolute atomic E-state index is 0.323.